The molecular weight excluding hydrogens is 294 g/mol. The average Bonchev–Trinajstić information content (AvgIpc) is 3.11. The zero-order valence-corrected chi connectivity index (χ0v) is 12.6. The quantitative estimate of drug-likeness (QED) is 0.678. The minimum atomic E-state index is 0.377. The molecule has 104 valence electrons. The van der Waals surface area contributed by atoms with Crippen LogP contribution in [-0.2, 0) is 18.8 Å². The molecule has 3 aromatic heterocycles. The van der Waals surface area contributed by atoms with Gasteiger partial charge in [-0.05, 0) is 34.9 Å². The summed E-state index contributed by atoms with van der Waals surface area (Å²) in [6, 6.07) is 5.87. The number of hydrogen-bond donors (Lipinski definition) is 0. The first-order chi connectivity index (χ1) is 9.81. The Morgan fingerprint density at radius 3 is 2.90 bits per heavy atom. The Labute approximate surface area is 126 Å². The third-order valence-corrected chi connectivity index (χ3v) is 4.15. The third-order valence-electron chi connectivity index (χ3n) is 3.18. The molecule has 3 heterocycles. The Hall–Kier alpha value is -1.59. The van der Waals surface area contributed by atoms with Gasteiger partial charge >= 0.3 is 0 Å². The van der Waals surface area contributed by atoms with Crippen LogP contribution in [0.4, 0.5) is 0 Å². The first-order valence-corrected chi connectivity index (χ1v) is 7.76. The molecule has 6 heteroatoms. The van der Waals surface area contributed by atoms with E-state index in [2.05, 4.69) is 31.4 Å². The van der Waals surface area contributed by atoms with E-state index in [0.717, 1.165) is 30.0 Å². The number of nitrogens with zero attached hydrogens (tertiary/aromatic N) is 3. The highest BCUT2D eigenvalue weighted by Gasteiger charge is 2.12. The van der Waals surface area contributed by atoms with Crippen LogP contribution in [0.1, 0.15) is 11.4 Å². The molecule has 0 aromatic carbocycles. The summed E-state index contributed by atoms with van der Waals surface area (Å²) in [4.78, 5) is 9.01. The number of alkyl halides is 1. The highest BCUT2D eigenvalue weighted by Crippen LogP contribution is 2.20. The fourth-order valence-corrected chi connectivity index (χ4v) is 3.06. The minimum absolute atomic E-state index is 0.377. The number of aryl methyl sites for hydroxylation is 2. The molecule has 0 radical (unpaired) electrons. The lowest BCUT2D eigenvalue weighted by Gasteiger charge is -2.06. The van der Waals surface area contributed by atoms with Crippen molar-refractivity contribution >= 4 is 34.1 Å². The van der Waals surface area contributed by atoms with Gasteiger partial charge in [0.15, 0.2) is 5.65 Å². The summed E-state index contributed by atoms with van der Waals surface area (Å²) in [5, 5.41) is 4.25. The number of rotatable bonds is 5. The second kappa shape index (κ2) is 5.81. The Morgan fingerprint density at radius 1 is 1.30 bits per heavy atom. The number of fused-ring (bicyclic) bond motifs is 1. The van der Waals surface area contributed by atoms with Crippen LogP contribution in [0, 0.1) is 0 Å². The van der Waals surface area contributed by atoms with Crippen LogP contribution in [0.15, 0.2) is 29.0 Å². The largest absolute Gasteiger partial charge is 0.481 e. The molecule has 20 heavy (non-hydrogen) atoms. The van der Waals surface area contributed by atoms with Crippen molar-refractivity contribution in [3.63, 3.8) is 0 Å². The van der Waals surface area contributed by atoms with Crippen LogP contribution in [0.3, 0.4) is 0 Å². The van der Waals surface area contributed by atoms with Gasteiger partial charge in [0.25, 0.3) is 0 Å². The number of pyridine rings is 1. The van der Waals surface area contributed by atoms with Gasteiger partial charge in [-0.2, -0.15) is 16.3 Å². The van der Waals surface area contributed by atoms with Crippen LogP contribution in [0.5, 0.6) is 5.88 Å². The second-order valence-electron chi connectivity index (χ2n) is 4.39. The zero-order chi connectivity index (χ0) is 13.9. The van der Waals surface area contributed by atoms with Gasteiger partial charge in [0.05, 0.1) is 13.0 Å². The van der Waals surface area contributed by atoms with Gasteiger partial charge < -0.3 is 9.30 Å². The van der Waals surface area contributed by atoms with Crippen molar-refractivity contribution in [3.05, 3.63) is 40.3 Å². The molecular formula is C14H14ClN3OS. The van der Waals surface area contributed by atoms with Crippen LogP contribution < -0.4 is 4.74 Å². The third kappa shape index (κ3) is 2.51. The van der Waals surface area contributed by atoms with Gasteiger partial charge in [-0.3, -0.25) is 0 Å². The van der Waals surface area contributed by atoms with E-state index in [1.165, 1.54) is 5.56 Å². The average molecular weight is 308 g/mol. The number of thiophene rings is 1. The molecule has 0 fully saturated rings. The molecule has 0 amide bonds. The van der Waals surface area contributed by atoms with E-state index in [9.17, 15) is 0 Å². The van der Waals surface area contributed by atoms with Gasteiger partial charge in [0.1, 0.15) is 11.3 Å². The lowest BCUT2D eigenvalue weighted by molar-refractivity contribution is 0.399. The second-order valence-corrected chi connectivity index (χ2v) is 5.44. The molecule has 3 aromatic rings. The van der Waals surface area contributed by atoms with Crippen LogP contribution in [0.2, 0.25) is 0 Å². The van der Waals surface area contributed by atoms with Crippen molar-refractivity contribution in [2.45, 2.75) is 18.8 Å². The summed E-state index contributed by atoms with van der Waals surface area (Å²) in [5.74, 6) is 1.82. The maximum Gasteiger partial charge on any atom is 0.215 e. The monoisotopic (exact) mass is 307 g/mol. The predicted octanol–water partition coefficient (Wildman–Crippen LogP) is 3.48. The van der Waals surface area contributed by atoms with E-state index in [1.54, 1.807) is 18.4 Å². The van der Waals surface area contributed by atoms with Crippen molar-refractivity contribution in [1.29, 1.82) is 0 Å². The smallest absolute Gasteiger partial charge is 0.215 e. The zero-order valence-electron chi connectivity index (χ0n) is 11.0. The number of aromatic nitrogens is 3. The number of imidazole rings is 1. The Morgan fingerprint density at radius 2 is 2.20 bits per heavy atom. The molecule has 0 spiro atoms. The van der Waals surface area contributed by atoms with E-state index >= 15 is 0 Å². The SMILES string of the molecule is COc1ccc2nc(CCl)n(CCc3ccsc3)c2n1. The molecule has 0 N–H and O–H groups in total. The fraction of sp³-hybridized carbons (Fsp3) is 0.286. The molecule has 0 aliphatic heterocycles. The van der Waals surface area contributed by atoms with Gasteiger partial charge in [-0.1, -0.05) is 0 Å². The predicted molar refractivity (Wildman–Crippen MR) is 81.7 cm³/mol. The van der Waals surface area contributed by atoms with E-state index < -0.39 is 0 Å². The summed E-state index contributed by atoms with van der Waals surface area (Å²) in [6.07, 6.45) is 0.942. The summed E-state index contributed by atoms with van der Waals surface area (Å²) in [7, 11) is 1.61. The van der Waals surface area contributed by atoms with Crippen LogP contribution >= 0.6 is 22.9 Å². The molecule has 4 nitrogen and oxygen atoms in total. The van der Waals surface area contributed by atoms with E-state index in [-0.39, 0.29) is 0 Å². The first-order valence-electron chi connectivity index (χ1n) is 6.29. The van der Waals surface area contributed by atoms with Crippen molar-refractivity contribution in [3.8, 4) is 5.88 Å². The van der Waals surface area contributed by atoms with Crippen LogP contribution in [-0.4, -0.2) is 21.6 Å². The lowest BCUT2D eigenvalue weighted by atomic mass is 10.2. The van der Waals surface area contributed by atoms with Gasteiger partial charge in [0, 0.05) is 12.6 Å². The maximum absolute atomic E-state index is 6.00. The van der Waals surface area contributed by atoms with E-state index in [4.69, 9.17) is 16.3 Å². The van der Waals surface area contributed by atoms with Crippen molar-refractivity contribution in [1.82, 2.24) is 14.5 Å². The van der Waals surface area contributed by atoms with Gasteiger partial charge in [-0.25, -0.2) is 4.98 Å². The number of hydrogen-bond acceptors (Lipinski definition) is 4. The highest BCUT2D eigenvalue weighted by molar-refractivity contribution is 7.07. The lowest BCUT2D eigenvalue weighted by Crippen LogP contribution is -2.05. The topological polar surface area (TPSA) is 39.9 Å². The molecule has 0 saturated heterocycles. The highest BCUT2D eigenvalue weighted by atomic mass is 35.5. The van der Waals surface area contributed by atoms with Crippen molar-refractivity contribution < 1.29 is 4.74 Å². The molecule has 0 aliphatic carbocycles. The maximum atomic E-state index is 6.00. The van der Waals surface area contributed by atoms with Gasteiger partial charge in [-0.15, -0.1) is 11.6 Å². The van der Waals surface area contributed by atoms with Crippen molar-refractivity contribution in [2.24, 2.45) is 0 Å². The molecule has 0 saturated carbocycles. The number of methoxy groups -OCH3 is 1. The van der Waals surface area contributed by atoms with E-state index in [0.29, 0.717) is 11.8 Å². The molecule has 0 atom stereocenters. The molecule has 0 bridgehead atoms. The summed E-state index contributed by atoms with van der Waals surface area (Å²) in [6.45, 7) is 0.815. The standard InChI is InChI=1S/C14H14ClN3OS/c1-19-13-3-2-11-14(17-13)18(12(8-15)16-11)6-4-10-5-7-20-9-10/h2-3,5,7,9H,4,6,8H2,1H3. The Kier molecular flexibility index (Phi) is 3.89. The van der Waals surface area contributed by atoms with Crippen LogP contribution in [0.25, 0.3) is 11.2 Å². The minimum Gasteiger partial charge on any atom is -0.481 e. The Bertz CT molecular complexity index is 709. The van der Waals surface area contributed by atoms with Crippen molar-refractivity contribution in [2.75, 3.05) is 7.11 Å². The molecule has 0 aliphatic rings. The Balaban J connectivity index is 1.97. The van der Waals surface area contributed by atoms with E-state index in [1.807, 2.05) is 12.1 Å². The summed E-state index contributed by atoms with van der Waals surface area (Å²) in [5.41, 5.74) is 3.00. The molecule has 0 unspecified atom stereocenters. The molecule has 3 rings (SSSR count). The number of ether oxygens (including phenoxy) is 1. The summed E-state index contributed by atoms with van der Waals surface area (Å²) < 4.78 is 7.26. The number of halogens is 1. The van der Waals surface area contributed by atoms with Gasteiger partial charge in [0.2, 0.25) is 5.88 Å². The first kappa shape index (κ1) is 13.4. The fourth-order valence-electron chi connectivity index (χ4n) is 2.16. The normalized spacial score (nSPS) is 11.1. The summed E-state index contributed by atoms with van der Waals surface area (Å²) >= 11 is 7.71.